The Morgan fingerprint density at radius 1 is 1.56 bits per heavy atom. The number of amides is 1. The number of hydrogen-bond donors (Lipinski definition) is 2. The highest BCUT2D eigenvalue weighted by atomic mass is 16.3. The zero-order valence-electron chi connectivity index (χ0n) is 11.1. The van der Waals surface area contributed by atoms with Gasteiger partial charge in [-0.1, -0.05) is 13.8 Å². The Labute approximate surface area is 108 Å². The molecule has 1 atom stereocenters. The molecule has 2 rings (SSSR count). The van der Waals surface area contributed by atoms with Crippen LogP contribution in [-0.4, -0.2) is 28.2 Å². The van der Waals surface area contributed by atoms with Crippen molar-refractivity contribution in [2.45, 2.75) is 45.3 Å². The van der Waals surface area contributed by atoms with Crippen molar-refractivity contribution in [3.8, 4) is 0 Å². The van der Waals surface area contributed by atoms with Crippen LogP contribution in [0.3, 0.4) is 0 Å². The van der Waals surface area contributed by atoms with E-state index in [9.17, 15) is 9.90 Å². The van der Waals surface area contributed by atoms with Gasteiger partial charge in [0.25, 0.3) is 5.91 Å². The molecule has 1 aromatic heterocycles. The second-order valence-corrected chi connectivity index (χ2v) is 5.53. The highest BCUT2D eigenvalue weighted by Crippen LogP contribution is 2.35. The van der Waals surface area contributed by atoms with Gasteiger partial charge in [-0.2, -0.15) is 0 Å². The Morgan fingerprint density at radius 3 is 2.89 bits per heavy atom. The number of aliphatic hydroxyl groups is 1. The molecule has 2 N–H and O–H groups in total. The molecular weight excluding hydrogens is 228 g/mol. The highest BCUT2D eigenvalue weighted by Gasteiger charge is 2.26. The lowest BCUT2D eigenvalue weighted by Crippen LogP contribution is -2.33. The summed E-state index contributed by atoms with van der Waals surface area (Å²) in [6.45, 7) is 4.44. The van der Waals surface area contributed by atoms with Gasteiger partial charge in [0, 0.05) is 18.8 Å². The molecule has 0 spiro atoms. The molecule has 4 heteroatoms. The monoisotopic (exact) mass is 250 g/mol. The van der Waals surface area contributed by atoms with Gasteiger partial charge in [0.1, 0.15) is 5.69 Å². The van der Waals surface area contributed by atoms with Crippen molar-refractivity contribution in [1.29, 1.82) is 0 Å². The molecule has 0 aromatic carbocycles. The second kappa shape index (κ2) is 5.57. The van der Waals surface area contributed by atoms with Gasteiger partial charge in [-0.15, -0.1) is 0 Å². The van der Waals surface area contributed by atoms with E-state index in [1.54, 1.807) is 0 Å². The fourth-order valence-corrected chi connectivity index (χ4v) is 2.19. The van der Waals surface area contributed by atoms with Crippen molar-refractivity contribution in [1.82, 2.24) is 9.88 Å². The normalized spacial score (nSPS) is 16.9. The van der Waals surface area contributed by atoms with Crippen LogP contribution in [0.2, 0.25) is 0 Å². The third-order valence-corrected chi connectivity index (χ3v) is 3.19. The van der Waals surface area contributed by atoms with Crippen LogP contribution in [0.4, 0.5) is 0 Å². The molecule has 1 saturated carbocycles. The van der Waals surface area contributed by atoms with Crippen molar-refractivity contribution in [2.24, 2.45) is 5.92 Å². The molecule has 1 unspecified atom stereocenters. The molecule has 1 aromatic rings. The summed E-state index contributed by atoms with van der Waals surface area (Å²) in [5.41, 5.74) is 0.703. The van der Waals surface area contributed by atoms with Crippen molar-refractivity contribution in [2.75, 3.05) is 6.54 Å². The Balaban J connectivity index is 1.85. The van der Waals surface area contributed by atoms with Crippen molar-refractivity contribution in [3.05, 3.63) is 24.0 Å². The predicted molar refractivity (Wildman–Crippen MR) is 70.5 cm³/mol. The Kier molecular flexibility index (Phi) is 4.07. The summed E-state index contributed by atoms with van der Waals surface area (Å²) in [6.07, 6.45) is 4.52. The number of aliphatic hydroxyl groups excluding tert-OH is 1. The quantitative estimate of drug-likeness (QED) is 0.811. The molecule has 1 amide bonds. The van der Waals surface area contributed by atoms with Gasteiger partial charge in [-0.25, -0.2) is 0 Å². The van der Waals surface area contributed by atoms with E-state index < -0.39 is 6.10 Å². The van der Waals surface area contributed by atoms with E-state index in [2.05, 4.69) is 19.2 Å². The first-order valence-electron chi connectivity index (χ1n) is 6.71. The molecule has 0 saturated heterocycles. The number of aromatic nitrogens is 1. The second-order valence-electron chi connectivity index (χ2n) is 5.53. The number of rotatable bonds is 6. The number of carbonyl (C=O) groups is 1. The van der Waals surface area contributed by atoms with Crippen LogP contribution in [0.15, 0.2) is 18.3 Å². The van der Waals surface area contributed by atoms with Crippen molar-refractivity contribution >= 4 is 5.91 Å². The molecule has 0 radical (unpaired) electrons. The minimum Gasteiger partial charge on any atom is -0.391 e. The smallest absolute Gasteiger partial charge is 0.268 e. The summed E-state index contributed by atoms with van der Waals surface area (Å²) in [7, 11) is 0. The summed E-state index contributed by atoms with van der Waals surface area (Å²) in [5.74, 6) is 0.349. The van der Waals surface area contributed by atoms with Gasteiger partial charge in [0.05, 0.1) is 6.10 Å². The van der Waals surface area contributed by atoms with Gasteiger partial charge < -0.3 is 15.0 Å². The molecule has 100 valence electrons. The average molecular weight is 250 g/mol. The first-order chi connectivity index (χ1) is 8.58. The van der Waals surface area contributed by atoms with Crippen molar-refractivity contribution < 1.29 is 9.90 Å². The lowest BCUT2D eigenvalue weighted by molar-refractivity contribution is 0.0891. The summed E-state index contributed by atoms with van der Waals surface area (Å²) < 4.78 is 2.03. The predicted octanol–water partition coefficient (Wildman–Crippen LogP) is 1.96. The minimum atomic E-state index is -0.460. The van der Waals surface area contributed by atoms with Gasteiger partial charge >= 0.3 is 0 Å². The maximum Gasteiger partial charge on any atom is 0.268 e. The molecule has 18 heavy (non-hydrogen) atoms. The standard InChI is InChI=1S/C14H22N2O2/c1-10(2)8-12(17)9-15-14(18)13-4-3-7-16(13)11-5-6-11/h3-4,7,10-12,17H,5-6,8-9H2,1-2H3,(H,15,18). The SMILES string of the molecule is CC(C)CC(O)CNC(=O)c1cccn1C1CC1. The van der Waals surface area contributed by atoms with Gasteiger partial charge in [-0.3, -0.25) is 4.79 Å². The van der Waals surface area contributed by atoms with Crippen LogP contribution < -0.4 is 5.32 Å². The van der Waals surface area contributed by atoms with E-state index in [1.807, 2.05) is 22.9 Å². The van der Waals surface area contributed by atoms with E-state index in [-0.39, 0.29) is 5.91 Å². The first-order valence-corrected chi connectivity index (χ1v) is 6.71. The minimum absolute atomic E-state index is 0.0882. The fourth-order valence-electron chi connectivity index (χ4n) is 2.19. The molecule has 1 aliphatic rings. The zero-order chi connectivity index (χ0) is 13.1. The Hall–Kier alpha value is -1.29. The van der Waals surface area contributed by atoms with E-state index in [4.69, 9.17) is 0 Å². The lowest BCUT2D eigenvalue weighted by atomic mass is 10.1. The van der Waals surface area contributed by atoms with Crippen LogP contribution in [0, 0.1) is 5.92 Å². The number of nitrogens with one attached hydrogen (secondary N) is 1. The topological polar surface area (TPSA) is 54.3 Å². The summed E-state index contributed by atoms with van der Waals surface area (Å²) in [4.78, 5) is 12.0. The van der Waals surface area contributed by atoms with Gasteiger partial charge in [-0.05, 0) is 37.3 Å². The number of carbonyl (C=O) groups excluding carboxylic acids is 1. The van der Waals surface area contributed by atoms with E-state index in [0.717, 1.165) is 12.8 Å². The third kappa shape index (κ3) is 3.35. The fraction of sp³-hybridized carbons (Fsp3) is 0.643. The zero-order valence-corrected chi connectivity index (χ0v) is 11.1. The maximum absolute atomic E-state index is 12.0. The summed E-state index contributed by atoms with van der Waals surface area (Å²) >= 11 is 0. The highest BCUT2D eigenvalue weighted by molar-refractivity contribution is 5.92. The molecule has 1 fully saturated rings. The Bertz CT molecular complexity index is 408. The van der Waals surface area contributed by atoms with Crippen molar-refractivity contribution in [3.63, 3.8) is 0 Å². The third-order valence-electron chi connectivity index (χ3n) is 3.19. The van der Waals surface area contributed by atoms with Crippen LogP contribution >= 0.6 is 0 Å². The van der Waals surface area contributed by atoms with Crippen LogP contribution in [0.1, 0.15) is 49.6 Å². The largest absolute Gasteiger partial charge is 0.391 e. The summed E-state index contributed by atoms with van der Waals surface area (Å²) in [5, 5.41) is 12.5. The molecule has 0 aliphatic heterocycles. The first kappa shape index (κ1) is 13.1. The lowest BCUT2D eigenvalue weighted by Gasteiger charge is -2.14. The van der Waals surface area contributed by atoms with E-state index in [0.29, 0.717) is 30.6 Å². The molecule has 0 bridgehead atoms. The van der Waals surface area contributed by atoms with E-state index in [1.165, 1.54) is 0 Å². The molecule has 1 aliphatic carbocycles. The van der Waals surface area contributed by atoms with E-state index >= 15 is 0 Å². The van der Waals surface area contributed by atoms with Crippen LogP contribution in [-0.2, 0) is 0 Å². The Morgan fingerprint density at radius 2 is 2.28 bits per heavy atom. The number of hydrogen-bond acceptors (Lipinski definition) is 2. The molecular formula is C14H22N2O2. The average Bonchev–Trinajstić information content (AvgIpc) is 3.03. The molecule has 4 nitrogen and oxygen atoms in total. The van der Waals surface area contributed by atoms with Gasteiger partial charge in [0.2, 0.25) is 0 Å². The van der Waals surface area contributed by atoms with Gasteiger partial charge in [0.15, 0.2) is 0 Å². The maximum atomic E-state index is 12.0. The summed E-state index contributed by atoms with van der Waals surface area (Å²) in [6, 6.07) is 4.24. The van der Waals surface area contributed by atoms with Crippen LogP contribution in [0.25, 0.3) is 0 Å². The number of nitrogens with zero attached hydrogens (tertiary/aromatic N) is 1. The van der Waals surface area contributed by atoms with Crippen LogP contribution in [0.5, 0.6) is 0 Å². The molecule has 1 heterocycles.